The minimum Gasteiger partial charge on any atom is -0.481 e. The minimum absolute atomic E-state index is 0.0122. The van der Waals surface area contributed by atoms with E-state index >= 15 is 0 Å². The van der Waals surface area contributed by atoms with Gasteiger partial charge in [0.2, 0.25) is 0 Å². The maximum absolute atomic E-state index is 14.4. The zero-order chi connectivity index (χ0) is 19.9. The van der Waals surface area contributed by atoms with Crippen LogP contribution in [0.4, 0.5) is 9.18 Å². The first-order chi connectivity index (χ1) is 11.8. The van der Waals surface area contributed by atoms with Crippen molar-refractivity contribution in [3.8, 4) is 0 Å². The van der Waals surface area contributed by atoms with Crippen LogP contribution in [0.1, 0.15) is 58.9 Å². The summed E-state index contributed by atoms with van der Waals surface area (Å²) in [5.74, 6) is -3.09. The number of likely N-dealkylation sites (tertiary alicyclic amines) is 1. The Kier molecular flexibility index (Phi) is 5.57. The van der Waals surface area contributed by atoms with Gasteiger partial charge in [-0.15, -0.1) is 0 Å². The van der Waals surface area contributed by atoms with Crippen molar-refractivity contribution in [2.45, 2.75) is 70.6 Å². The Labute approximate surface area is 158 Å². The molecule has 1 heterocycles. The van der Waals surface area contributed by atoms with Crippen LogP contribution in [0.3, 0.4) is 0 Å². The van der Waals surface area contributed by atoms with E-state index in [-0.39, 0.29) is 10.6 Å². The Morgan fingerprint density at radius 2 is 2.00 bits per heavy atom. The molecule has 0 bridgehead atoms. The van der Waals surface area contributed by atoms with Crippen LogP contribution in [0.25, 0.3) is 0 Å². The van der Waals surface area contributed by atoms with E-state index in [1.54, 1.807) is 20.8 Å². The topological polar surface area (TPSA) is 66.8 Å². The van der Waals surface area contributed by atoms with Crippen LogP contribution in [0, 0.1) is 5.82 Å². The highest BCUT2D eigenvalue weighted by Crippen LogP contribution is 2.42. The molecule has 1 aliphatic rings. The maximum atomic E-state index is 14.4. The molecular weight excluding hydrogens is 361 g/mol. The highest BCUT2D eigenvalue weighted by atomic mass is 35.5. The predicted molar refractivity (Wildman–Crippen MR) is 97.0 cm³/mol. The molecule has 5 nitrogen and oxygen atoms in total. The van der Waals surface area contributed by atoms with E-state index in [0.29, 0.717) is 12.8 Å². The van der Waals surface area contributed by atoms with Gasteiger partial charge >= 0.3 is 12.1 Å². The second-order valence-electron chi connectivity index (χ2n) is 8.25. The van der Waals surface area contributed by atoms with E-state index in [1.807, 2.05) is 13.8 Å². The molecule has 1 fully saturated rings. The Morgan fingerprint density at radius 1 is 1.38 bits per heavy atom. The van der Waals surface area contributed by atoms with Crippen molar-refractivity contribution in [1.29, 1.82) is 0 Å². The van der Waals surface area contributed by atoms with Gasteiger partial charge in [0.05, 0.1) is 6.04 Å². The zero-order valence-corrected chi connectivity index (χ0v) is 16.4. The average molecular weight is 386 g/mol. The number of carboxylic acid groups (broad SMARTS) is 1. The van der Waals surface area contributed by atoms with Gasteiger partial charge in [0.1, 0.15) is 17.3 Å². The van der Waals surface area contributed by atoms with E-state index in [4.69, 9.17) is 16.3 Å². The summed E-state index contributed by atoms with van der Waals surface area (Å²) in [6.07, 6.45) is 0.437. The van der Waals surface area contributed by atoms with Crippen LogP contribution in [-0.4, -0.2) is 39.3 Å². The lowest BCUT2D eigenvalue weighted by Gasteiger charge is -2.39. The lowest BCUT2D eigenvalue weighted by atomic mass is 9.89. The molecular formula is C19H25ClFNO4. The van der Waals surface area contributed by atoms with Crippen LogP contribution in [0.2, 0.25) is 5.02 Å². The van der Waals surface area contributed by atoms with Crippen molar-refractivity contribution >= 4 is 23.7 Å². The number of nitrogens with zero attached hydrogens (tertiary/aromatic N) is 1. The summed E-state index contributed by atoms with van der Waals surface area (Å²) in [6.45, 7) is 8.95. The number of benzene rings is 1. The van der Waals surface area contributed by atoms with Gasteiger partial charge in [0, 0.05) is 16.1 Å². The standard InChI is InChI=1S/C19H25ClFNO4/c1-18(2,3)26-17(25)22-14(8-9-19(22,4)5)15(16(23)24)12-7-6-11(20)10-13(12)21/h6-7,10,14-15H,8-9H2,1-5H3,(H,23,24). The summed E-state index contributed by atoms with van der Waals surface area (Å²) < 4.78 is 19.9. The molecule has 2 unspecified atom stereocenters. The van der Waals surface area contributed by atoms with Crippen molar-refractivity contribution in [2.75, 3.05) is 0 Å². The molecule has 144 valence electrons. The molecule has 2 atom stereocenters. The molecule has 7 heteroatoms. The Hall–Kier alpha value is -1.82. The van der Waals surface area contributed by atoms with Gasteiger partial charge in [0.15, 0.2) is 0 Å². The number of amides is 1. The van der Waals surface area contributed by atoms with Crippen LogP contribution < -0.4 is 0 Å². The fourth-order valence-electron chi connectivity index (χ4n) is 3.47. The zero-order valence-electron chi connectivity index (χ0n) is 15.7. The highest BCUT2D eigenvalue weighted by molar-refractivity contribution is 6.30. The van der Waals surface area contributed by atoms with E-state index in [2.05, 4.69) is 0 Å². The lowest BCUT2D eigenvalue weighted by molar-refractivity contribution is -0.140. The van der Waals surface area contributed by atoms with Gasteiger partial charge in [-0.05, 0) is 59.6 Å². The van der Waals surface area contributed by atoms with E-state index < -0.39 is 41.0 Å². The van der Waals surface area contributed by atoms with Crippen LogP contribution in [0.5, 0.6) is 0 Å². The third kappa shape index (κ3) is 4.29. The molecule has 0 radical (unpaired) electrons. The number of aliphatic carboxylic acids is 1. The fraction of sp³-hybridized carbons (Fsp3) is 0.579. The number of carbonyl (C=O) groups is 2. The summed E-state index contributed by atoms with van der Waals surface area (Å²) in [4.78, 5) is 26.2. The molecule has 0 aromatic heterocycles. The molecule has 26 heavy (non-hydrogen) atoms. The molecule has 1 aromatic carbocycles. The third-order valence-electron chi connectivity index (χ3n) is 4.57. The average Bonchev–Trinajstić information content (AvgIpc) is 2.75. The number of rotatable bonds is 3. The second kappa shape index (κ2) is 7.06. The van der Waals surface area contributed by atoms with Gasteiger partial charge in [-0.25, -0.2) is 9.18 Å². The summed E-state index contributed by atoms with van der Waals surface area (Å²) in [7, 11) is 0. The van der Waals surface area contributed by atoms with Crippen molar-refractivity contribution in [3.63, 3.8) is 0 Å². The van der Waals surface area contributed by atoms with Crippen molar-refractivity contribution in [3.05, 3.63) is 34.6 Å². The van der Waals surface area contributed by atoms with E-state index in [0.717, 1.165) is 6.07 Å². The van der Waals surface area contributed by atoms with Gasteiger partial charge < -0.3 is 9.84 Å². The quantitative estimate of drug-likeness (QED) is 0.809. The largest absolute Gasteiger partial charge is 0.481 e. The number of carbonyl (C=O) groups excluding carboxylic acids is 1. The minimum atomic E-state index is -1.21. The van der Waals surface area contributed by atoms with E-state index in [9.17, 15) is 19.1 Å². The van der Waals surface area contributed by atoms with Crippen molar-refractivity contribution in [2.24, 2.45) is 0 Å². The molecule has 0 spiro atoms. The number of hydrogen-bond donors (Lipinski definition) is 1. The first-order valence-corrected chi connectivity index (χ1v) is 8.91. The van der Waals surface area contributed by atoms with E-state index in [1.165, 1.54) is 17.0 Å². The first kappa shape index (κ1) is 20.5. The third-order valence-corrected chi connectivity index (χ3v) is 4.81. The Balaban J connectivity index is 2.46. The molecule has 2 rings (SSSR count). The molecule has 1 saturated heterocycles. The summed E-state index contributed by atoms with van der Waals surface area (Å²) in [5, 5.41) is 9.99. The van der Waals surface area contributed by atoms with Gasteiger partial charge in [-0.1, -0.05) is 17.7 Å². The van der Waals surface area contributed by atoms with Gasteiger partial charge in [0.25, 0.3) is 0 Å². The normalized spacial score (nSPS) is 20.7. The first-order valence-electron chi connectivity index (χ1n) is 8.53. The second-order valence-corrected chi connectivity index (χ2v) is 8.69. The van der Waals surface area contributed by atoms with Gasteiger partial charge in [-0.3, -0.25) is 9.69 Å². The summed E-state index contributed by atoms with van der Waals surface area (Å²) >= 11 is 5.79. The van der Waals surface area contributed by atoms with Crippen molar-refractivity contribution < 1.29 is 23.8 Å². The van der Waals surface area contributed by atoms with Crippen molar-refractivity contribution in [1.82, 2.24) is 4.90 Å². The smallest absolute Gasteiger partial charge is 0.411 e. The molecule has 1 aromatic rings. The fourth-order valence-corrected chi connectivity index (χ4v) is 3.63. The van der Waals surface area contributed by atoms with Crippen LogP contribution in [-0.2, 0) is 9.53 Å². The number of carboxylic acids is 1. The number of hydrogen-bond acceptors (Lipinski definition) is 3. The van der Waals surface area contributed by atoms with Gasteiger partial charge in [-0.2, -0.15) is 0 Å². The van der Waals surface area contributed by atoms with Crippen LogP contribution >= 0.6 is 11.6 Å². The molecule has 0 aliphatic carbocycles. The molecule has 1 N–H and O–H groups in total. The lowest BCUT2D eigenvalue weighted by Crippen LogP contribution is -2.51. The number of ether oxygens (including phenoxy) is 1. The Morgan fingerprint density at radius 3 is 2.50 bits per heavy atom. The summed E-state index contributed by atoms with van der Waals surface area (Å²) in [6, 6.07) is 3.20. The number of halogens is 2. The predicted octanol–water partition coefficient (Wildman–Crippen LogP) is 4.83. The highest BCUT2D eigenvalue weighted by Gasteiger charge is 2.50. The molecule has 1 amide bonds. The maximum Gasteiger partial charge on any atom is 0.411 e. The monoisotopic (exact) mass is 385 g/mol. The SMILES string of the molecule is CC(C)(C)OC(=O)N1C(C(C(=O)O)c2ccc(Cl)cc2F)CCC1(C)C. The van der Waals surface area contributed by atoms with Crippen LogP contribution in [0.15, 0.2) is 18.2 Å². The molecule has 0 saturated carbocycles. The Bertz CT molecular complexity index is 714. The molecule has 1 aliphatic heterocycles. The summed E-state index contributed by atoms with van der Waals surface area (Å²) in [5.41, 5.74) is -1.30.